The fraction of sp³-hybridized carbons (Fsp3) is 0.450. The molecule has 1 aromatic heterocycles. The lowest BCUT2D eigenvalue weighted by molar-refractivity contribution is -0.126. The summed E-state index contributed by atoms with van der Waals surface area (Å²) in [5, 5.41) is 10.7. The van der Waals surface area contributed by atoms with Crippen molar-refractivity contribution >= 4 is 41.7 Å². The van der Waals surface area contributed by atoms with E-state index in [1.165, 1.54) is 0 Å². The van der Waals surface area contributed by atoms with Crippen LogP contribution in [0.15, 0.2) is 42.7 Å². The molecule has 2 aliphatic heterocycles. The maximum absolute atomic E-state index is 13.3. The molecule has 156 valence electrons. The van der Waals surface area contributed by atoms with E-state index in [-0.39, 0.29) is 24.2 Å². The Morgan fingerprint density at radius 2 is 1.90 bits per heavy atom. The Labute approximate surface area is 181 Å². The Hall–Kier alpha value is -2.03. The van der Waals surface area contributed by atoms with Crippen LogP contribution in [0.1, 0.15) is 23.2 Å². The summed E-state index contributed by atoms with van der Waals surface area (Å²) in [6, 6.07) is 9.09. The van der Waals surface area contributed by atoms with Crippen LogP contribution in [0.3, 0.4) is 0 Å². The number of benzene rings is 1. The molecule has 2 aliphatic rings. The van der Waals surface area contributed by atoms with Crippen molar-refractivity contribution in [3.63, 3.8) is 0 Å². The van der Waals surface area contributed by atoms with Crippen LogP contribution >= 0.6 is 24.2 Å². The summed E-state index contributed by atoms with van der Waals surface area (Å²) in [5.74, 6) is 1.89. The van der Waals surface area contributed by atoms with Crippen LogP contribution in [0.2, 0.25) is 0 Å². The van der Waals surface area contributed by atoms with Crippen LogP contribution in [0.25, 0.3) is 0 Å². The lowest BCUT2D eigenvalue weighted by Gasteiger charge is -2.36. The van der Waals surface area contributed by atoms with E-state index in [1.807, 2.05) is 47.1 Å². The molecule has 0 radical (unpaired) electrons. The molecule has 0 aliphatic carbocycles. The Bertz CT molecular complexity index is 833. The number of nitrogens with one attached hydrogen (secondary N) is 2. The number of amides is 2. The van der Waals surface area contributed by atoms with Gasteiger partial charge in [-0.05, 0) is 50.2 Å². The van der Waals surface area contributed by atoms with Crippen molar-refractivity contribution < 1.29 is 9.59 Å². The predicted octanol–water partition coefficient (Wildman–Crippen LogP) is 2.21. The van der Waals surface area contributed by atoms with Crippen LogP contribution in [-0.4, -0.2) is 64.2 Å². The smallest absolute Gasteiger partial charge is 0.253 e. The largest absolute Gasteiger partial charge is 0.337 e. The second kappa shape index (κ2) is 9.65. The topological polar surface area (TPSA) is 79.3 Å². The first-order valence-electron chi connectivity index (χ1n) is 9.68. The molecule has 9 heteroatoms. The average Bonchev–Trinajstić information content (AvgIpc) is 3.30. The monoisotopic (exact) mass is 435 g/mol. The number of nitrogens with zero attached hydrogens (tertiary/aromatic N) is 3. The van der Waals surface area contributed by atoms with Gasteiger partial charge in [0.25, 0.3) is 11.8 Å². The summed E-state index contributed by atoms with van der Waals surface area (Å²) in [6.07, 6.45) is 4.89. The lowest BCUT2D eigenvalue weighted by atomic mass is 9.87. The highest BCUT2D eigenvalue weighted by Crippen LogP contribution is 2.29. The Kier molecular flexibility index (Phi) is 7.21. The summed E-state index contributed by atoms with van der Waals surface area (Å²) in [7, 11) is 0. The van der Waals surface area contributed by atoms with E-state index in [0.29, 0.717) is 24.1 Å². The van der Waals surface area contributed by atoms with Crippen LogP contribution in [-0.2, 0) is 10.3 Å². The van der Waals surface area contributed by atoms with Crippen molar-refractivity contribution in [2.75, 3.05) is 43.0 Å². The lowest BCUT2D eigenvalue weighted by Crippen LogP contribution is -2.52. The normalized spacial score (nSPS) is 18.6. The number of anilines is 1. The van der Waals surface area contributed by atoms with Crippen molar-refractivity contribution in [3.05, 3.63) is 48.3 Å². The van der Waals surface area contributed by atoms with Gasteiger partial charge in [-0.2, -0.15) is 16.9 Å². The van der Waals surface area contributed by atoms with Gasteiger partial charge in [0.1, 0.15) is 5.54 Å². The zero-order chi connectivity index (χ0) is 19.4. The second-order valence-corrected chi connectivity index (χ2v) is 8.40. The third-order valence-electron chi connectivity index (χ3n) is 5.46. The van der Waals surface area contributed by atoms with E-state index >= 15 is 0 Å². The molecule has 4 rings (SSSR count). The van der Waals surface area contributed by atoms with Gasteiger partial charge >= 0.3 is 0 Å². The summed E-state index contributed by atoms with van der Waals surface area (Å²) in [4.78, 5) is 27.9. The summed E-state index contributed by atoms with van der Waals surface area (Å²) in [5.41, 5.74) is 0.550. The fourth-order valence-electron chi connectivity index (χ4n) is 3.85. The number of halogens is 1. The number of hydrogen-bond donors (Lipinski definition) is 2. The second-order valence-electron chi connectivity index (χ2n) is 7.17. The predicted molar refractivity (Wildman–Crippen MR) is 118 cm³/mol. The van der Waals surface area contributed by atoms with Gasteiger partial charge < -0.3 is 15.5 Å². The SMILES string of the molecule is Cl.O=C(c1cccc(NC(=O)C2(n3cccn3)CCNCC2)c1)N1CCSCC1. The van der Waals surface area contributed by atoms with E-state index in [0.717, 1.165) is 37.7 Å². The Morgan fingerprint density at radius 3 is 2.59 bits per heavy atom. The molecule has 2 amide bonds. The van der Waals surface area contributed by atoms with Crippen molar-refractivity contribution in [1.82, 2.24) is 20.0 Å². The van der Waals surface area contributed by atoms with Gasteiger partial charge in [-0.15, -0.1) is 12.4 Å². The zero-order valence-corrected chi connectivity index (χ0v) is 17.8. The number of hydrogen-bond acceptors (Lipinski definition) is 5. The quantitative estimate of drug-likeness (QED) is 0.769. The number of rotatable bonds is 4. The minimum atomic E-state index is -0.709. The molecular formula is C20H26ClN5O2S. The molecule has 2 N–H and O–H groups in total. The standard InChI is InChI=1S/C20H25N5O2S.ClH/c26-18(24-11-13-28-14-12-24)16-3-1-4-17(15-16)23-19(27)20(5-8-21-9-6-20)25-10-2-7-22-25;/h1-4,7,10,15,21H,5-6,8-9,11-14H2,(H,23,27);1H. The van der Waals surface area contributed by atoms with E-state index in [9.17, 15) is 9.59 Å². The minimum Gasteiger partial charge on any atom is -0.337 e. The van der Waals surface area contributed by atoms with Crippen LogP contribution in [0.5, 0.6) is 0 Å². The molecule has 0 atom stereocenters. The molecule has 1 aromatic carbocycles. The number of piperidine rings is 1. The van der Waals surface area contributed by atoms with E-state index < -0.39 is 5.54 Å². The molecule has 0 unspecified atom stereocenters. The molecule has 3 heterocycles. The van der Waals surface area contributed by atoms with E-state index in [2.05, 4.69) is 15.7 Å². The van der Waals surface area contributed by atoms with Gasteiger partial charge in [0.2, 0.25) is 0 Å². The van der Waals surface area contributed by atoms with Gasteiger partial charge in [-0.3, -0.25) is 14.3 Å². The summed E-state index contributed by atoms with van der Waals surface area (Å²) in [6.45, 7) is 3.07. The maximum Gasteiger partial charge on any atom is 0.253 e. The van der Waals surface area contributed by atoms with Gasteiger partial charge in [-0.25, -0.2) is 0 Å². The first-order chi connectivity index (χ1) is 13.7. The van der Waals surface area contributed by atoms with Gasteiger partial charge in [0, 0.05) is 48.2 Å². The van der Waals surface area contributed by atoms with Crippen molar-refractivity contribution in [2.45, 2.75) is 18.4 Å². The van der Waals surface area contributed by atoms with Crippen LogP contribution in [0.4, 0.5) is 5.69 Å². The molecule has 2 aromatic rings. The van der Waals surface area contributed by atoms with Crippen molar-refractivity contribution in [1.29, 1.82) is 0 Å². The highest BCUT2D eigenvalue weighted by Gasteiger charge is 2.42. The van der Waals surface area contributed by atoms with Crippen LogP contribution < -0.4 is 10.6 Å². The molecule has 2 fully saturated rings. The Balaban J connectivity index is 0.00000240. The average molecular weight is 436 g/mol. The number of carbonyl (C=O) groups is 2. The minimum absolute atomic E-state index is 0. The molecular weight excluding hydrogens is 410 g/mol. The number of aromatic nitrogens is 2. The summed E-state index contributed by atoms with van der Waals surface area (Å²) < 4.78 is 1.77. The van der Waals surface area contributed by atoms with Crippen molar-refractivity contribution in [2.24, 2.45) is 0 Å². The zero-order valence-electron chi connectivity index (χ0n) is 16.2. The Morgan fingerprint density at radius 1 is 1.14 bits per heavy atom. The maximum atomic E-state index is 13.3. The molecule has 7 nitrogen and oxygen atoms in total. The highest BCUT2D eigenvalue weighted by atomic mass is 35.5. The van der Waals surface area contributed by atoms with Crippen LogP contribution in [0, 0.1) is 0 Å². The van der Waals surface area contributed by atoms with Gasteiger partial charge in [0.15, 0.2) is 0 Å². The number of thioether (sulfide) groups is 1. The highest BCUT2D eigenvalue weighted by molar-refractivity contribution is 7.99. The molecule has 0 bridgehead atoms. The third kappa shape index (κ3) is 4.60. The first kappa shape index (κ1) is 21.7. The van der Waals surface area contributed by atoms with Gasteiger partial charge in [0.05, 0.1) is 0 Å². The molecule has 0 spiro atoms. The van der Waals surface area contributed by atoms with E-state index in [4.69, 9.17) is 0 Å². The summed E-state index contributed by atoms with van der Waals surface area (Å²) >= 11 is 1.87. The molecule has 29 heavy (non-hydrogen) atoms. The van der Waals surface area contributed by atoms with Gasteiger partial charge in [-0.1, -0.05) is 6.07 Å². The molecule has 2 saturated heterocycles. The fourth-order valence-corrected chi connectivity index (χ4v) is 4.75. The number of carbonyl (C=O) groups excluding carboxylic acids is 2. The van der Waals surface area contributed by atoms with Crippen molar-refractivity contribution in [3.8, 4) is 0 Å². The first-order valence-corrected chi connectivity index (χ1v) is 10.8. The van der Waals surface area contributed by atoms with E-state index in [1.54, 1.807) is 16.9 Å². The molecule has 0 saturated carbocycles. The third-order valence-corrected chi connectivity index (χ3v) is 6.40.